The first-order valence-electron chi connectivity index (χ1n) is 8.06. The lowest BCUT2D eigenvalue weighted by molar-refractivity contribution is 0.215. The highest BCUT2D eigenvalue weighted by atomic mass is 19.1. The van der Waals surface area contributed by atoms with Crippen LogP contribution in [0.3, 0.4) is 0 Å². The second-order valence-corrected chi connectivity index (χ2v) is 5.39. The van der Waals surface area contributed by atoms with Gasteiger partial charge in [0, 0.05) is 0 Å². The topological polar surface area (TPSA) is 65.4 Å². The van der Waals surface area contributed by atoms with Crippen LogP contribution in [0, 0.1) is 6.92 Å². The van der Waals surface area contributed by atoms with E-state index in [0.717, 1.165) is 5.69 Å². The molecule has 1 N–H and O–H groups in total. The van der Waals surface area contributed by atoms with Crippen LogP contribution in [0.2, 0.25) is 0 Å². The summed E-state index contributed by atoms with van der Waals surface area (Å²) >= 11 is 0. The number of ether oxygens (including phenoxy) is 2. The van der Waals surface area contributed by atoms with Crippen LogP contribution < -0.4 is 14.8 Å². The number of nitrogens with zero attached hydrogens (tertiary/aromatic N) is 2. The van der Waals surface area contributed by atoms with Crippen molar-refractivity contribution in [3.05, 3.63) is 66.2 Å². The smallest absolute Gasteiger partial charge is 0.418 e. The molecule has 0 bridgehead atoms. The van der Waals surface area contributed by atoms with E-state index in [2.05, 4.69) is 10.4 Å². The van der Waals surface area contributed by atoms with E-state index in [9.17, 15) is 9.18 Å². The Kier molecular flexibility index (Phi) is 5.48. The van der Waals surface area contributed by atoms with E-state index in [1.165, 1.54) is 4.68 Å². The van der Waals surface area contributed by atoms with Gasteiger partial charge in [0.15, 0.2) is 0 Å². The maximum atomic E-state index is 12.4. The van der Waals surface area contributed by atoms with Crippen LogP contribution in [0.5, 0.6) is 11.6 Å². The van der Waals surface area contributed by atoms with Crippen LogP contribution >= 0.6 is 0 Å². The molecule has 3 rings (SSSR count). The second-order valence-electron chi connectivity index (χ2n) is 5.39. The predicted molar refractivity (Wildman–Crippen MR) is 95.9 cm³/mol. The van der Waals surface area contributed by atoms with E-state index in [-0.39, 0.29) is 12.5 Å². The summed E-state index contributed by atoms with van der Waals surface area (Å²) in [5.74, 6) is 1.06. The molecule has 1 amide bonds. The number of alkyl halides is 1. The summed E-state index contributed by atoms with van der Waals surface area (Å²) in [5, 5.41) is 7.02. The number of halogens is 1. The molecule has 2 aromatic carbocycles. The number of anilines is 1. The summed E-state index contributed by atoms with van der Waals surface area (Å²) < 4.78 is 24.6. The average molecular weight is 355 g/mol. The lowest BCUT2D eigenvalue weighted by Crippen LogP contribution is -2.19. The first kappa shape index (κ1) is 17.5. The monoisotopic (exact) mass is 355 g/mol. The maximum absolute atomic E-state index is 12.4. The molecule has 0 radical (unpaired) electrons. The standard InChI is InChI=1S/C19H18FN3O3/c1-14-17(21-19(24)26-16-10-6-3-7-11-16)23(15-8-4-2-5-9-15)22-18(14)25-13-12-20/h2-11H,12-13H2,1H3,(H,21,24). The van der Waals surface area contributed by atoms with Crippen molar-refractivity contribution < 1.29 is 18.7 Å². The number of hydrogen-bond donors (Lipinski definition) is 1. The molecule has 0 spiro atoms. The minimum Gasteiger partial charge on any atom is -0.474 e. The lowest BCUT2D eigenvalue weighted by Gasteiger charge is -2.10. The van der Waals surface area contributed by atoms with Crippen molar-refractivity contribution in [1.82, 2.24) is 9.78 Å². The van der Waals surface area contributed by atoms with E-state index >= 15 is 0 Å². The number of carbonyl (C=O) groups is 1. The Morgan fingerprint density at radius 1 is 1.12 bits per heavy atom. The van der Waals surface area contributed by atoms with Crippen molar-refractivity contribution in [3.63, 3.8) is 0 Å². The maximum Gasteiger partial charge on any atom is 0.418 e. The Hall–Kier alpha value is -3.35. The fourth-order valence-corrected chi connectivity index (χ4v) is 2.37. The normalized spacial score (nSPS) is 10.4. The van der Waals surface area contributed by atoms with E-state index in [1.807, 2.05) is 36.4 Å². The summed E-state index contributed by atoms with van der Waals surface area (Å²) in [7, 11) is 0. The van der Waals surface area contributed by atoms with Crippen molar-refractivity contribution in [2.24, 2.45) is 0 Å². The van der Waals surface area contributed by atoms with Crippen LogP contribution in [0.4, 0.5) is 15.0 Å². The van der Waals surface area contributed by atoms with Gasteiger partial charge in [-0.05, 0) is 31.2 Å². The molecule has 3 aromatic rings. The number of nitrogens with one attached hydrogen (secondary N) is 1. The molecule has 7 heteroatoms. The summed E-state index contributed by atoms with van der Waals surface area (Å²) in [6.45, 7) is 0.995. The number of carbonyl (C=O) groups excluding carboxylic acids is 1. The summed E-state index contributed by atoms with van der Waals surface area (Å²) in [4.78, 5) is 12.3. The Labute approximate surface area is 150 Å². The van der Waals surface area contributed by atoms with Gasteiger partial charge >= 0.3 is 6.09 Å². The third-order valence-corrected chi connectivity index (χ3v) is 3.57. The van der Waals surface area contributed by atoms with E-state index in [1.54, 1.807) is 31.2 Å². The highest BCUT2D eigenvalue weighted by molar-refractivity contribution is 5.87. The van der Waals surface area contributed by atoms with Gasteiger partial charge in [0.1, 0.15) is 24.8 Å². The van der Waals surface area contributed by atoms with Gasteiger partial charge in [-0.15, -0.1) is 5.10 Å². The molecule has 134 valence electrons. The molecule has 0 saturated heterocycles. The van der Waals surface area contributed by atoms with Crippen LogP contribution in [-0.4, -0.2) is 29.2 Å². The van der Waals surface area contributed by atoms with Crippen molar-refractivity contribution in [3.8, 4) is 17.3 Å². The van der Waals surface area contributed by atoms with E-state index in [0.29, 0.717) is 17.1 Å². The summed E-state index contributed by atoms with van der Waals surface area (Å²) in [5.41, 5.74) is 1.30. The number of aromatic nitrogens is 2. The number of para-hydroxylation sites is 2. The number of rotatable bonds is 6. The summed E-state index contributed by atoms with van der Waals surface area (Å²) in [6.07, 6.45) is -0.659. The molecular weight excluding hydrogens is 337 g/mol. The van der Waals surface area contributed by atoms with Crippen LogP contribution in [0.15, 0.2) is 60.7 Å². The van der Waals surface area contributed by atoms with Gasteiger partial charge in [-0.3, -0.25) is 5.32 Å². The van der Waals surface area contributed by atoms with E-state index in [4.69, 9.17) is 9.47 Å². The first-order valence-corrected chi connectivity index (χ1v) is 8.06. The van der Waals surface area contributed by atoms with Crippen molar-refractivity contribution in [2.75, 3.05) is 18.6 Å². The van der Waals surface area contributed by atoms with E-state index < -0.39 is 12.8 Å². The van der Waals surface area contributed by atoms with Crippen LogP contribution in [0.25, 0.3) is 5.69 Å². The second kappa shape index (κ2) is 8.15. The van der Waals surface area contributed by atoms with Crippen molar-refractivity contribution in [1.29, 1.82) is 0 Å². The number of benzene rings is 2. The molecule has 0 aliphatic rings. The number of amides is 1. The minimum absolute atomic E-state index is 0.111. The molecular formula is C19H18FN3O3. The number of hydrogen-bond acceptors (Lipinski definition) is 4. The molecule has 0 fully saturated rings. The first-order chi connectivity index (χ1) is 12.7. The molecule has 0 atom stereocenters. The van der Waals surface area contributed by atoms with Gasteiger partial charge < -0.3 is 9.47 Å². The average Bonchev–Trinajstić information content (AvgIpc) is 2.97. The zero-order valence-electron chi connectivity index (χ0n) is 14.2. The Morgan fingerprint density at radius 3 is 2.42 bits per heavy atom. The molecule has 0 aliphatic heterocycles. The van der Waals surface area contributed by atoms with Gasteiger partial charge in [-0.25, -0.2) is 13.9 Å². The summed E-state index contributed by atoms with van der Waals surface area (Å²) in [6, 6.07) is 18.0. The SMILES string of the molecule is Cc1c(OCCF)nn(-c2ccccc2)c1NC(=O)Oc1ccccc1. The third kappa shape index (κ3) is 4.00. The van der Waals surface area contributed by atoms with Crippen molar-refractivity contribution in [2.45, 2.75) is 6.92 Å². The Morgan fingerprint density at radius 2 is 1.77 bits per heavy atom. The van der Waals surface area contributed by atoms with Crippen LogP contribution in [-0.2, 0) is 0 Å². The molecule has 0 unspecified atom stereocenters. The van der Waals surface area contributed by atoms with Gasteiger partial charge in [0.2, 0.25) is 5.88 Å². The van der Waals surface area contributed by atoms with Gasteiger partial charge in [-0.2, -0.15) is 0 Å². The highest BCUT2D eigenvalue weighted by Crippen LogP contribution is 2.28. The lowest BCUT2D eigenvalue weighted by atomic mass is 10.3. The fourth-order valence-electron chi connectivity index (χ4n) is 2.37. The molecule has 1 heterocycles. The highest BCUT2D eigenvalue weighted by Gasteiger charge is 2.19. The molecule has 1 aromatic heterocycles. The Bertz CT molecular complexity index is 866. The van der Waals surface area contributed by atoms with Gasteiger partial charge in [0.25, 0.3) is 0 Å². The van der Waals surface area contributed by atoms with Gasteiger partial charge in [-0.1, -0.05) is 36.4 Å². The zero-order valence-corrected chi connectivity index (χ0v) is 14.2. The largest absolute Gasteiger partial charge is 0.474 e. The molecule has 6 nitrogen and oxygen atoms in total. The minimum atomic E-state index is -0.659. The molecule has 0 aliphatic carbocycles. The quantitative estimate of drug-likeness (QED) is 0.722. The predicted octanol–water partition coefficient (Wildman–Crippen LogP) is 4.14. The third-order valence-electron chi connectivity index (χ3n) is 3.57. The zero-order chi connectivity index (χ0) is 18.4. The van der Waals surface area contributed by atoms with Crippen molar-refractivity contribution >= 4 is 11.9 Å². The molecule has 26 heavy (non-hydrogen) atoms. The Balaban J connectivity index is 1.88. The fraction of sp³-hybridized carbons (Fsp3) is 0.158. The van der Waals surface area contributed by atoms with Gasteiger partial charge in [0.05, 0.1) is 11.3 Å². The van der Waals surface area contributed by atoms with Crippen LogP contribution in [0.1, 0.15) is 5.56 Å². The molecule has 0 saturated carbocycles.